The zero-order valence-electron chi connectivity index (χ0n) is 11.9. The van der Waals surface area contributed by atoms with Gasteiger partial charge in [0.05, 0.1) is 13.2 Å². The minimum absolute atomic E-state index is 0.0302. The SMILES string of the molecule is CC1(C(=O)N2CCOC3(CNC3)C2)CCC(F)(F)CC1. The van der Waals surface area contributed by atoms with Crippen LogP contribution < -0.4 is 5.32 Å². The molecule has 0 bridgehead atoms. The average molecular weight is 288 g/mol. The van der Waals surface area contributed by atoms with Crippen LogP contribution in [0.5, 0.6) is 0 Å². The Labute approximate surface area is 117 Å². The van der Waals surface area contributed by atoms with Crippen molar-refractivity contribution in [1.29, 1.82) is 0 Å². The number of carbonyl (C=O) groups is 1. The van der Waals surface area contributed by atoms with Gasteiger partial charge in [-0.25, -0.2) is 8.78 Å². The molecule has 2 aliphatic heterocycles. The smallest absolute Gasteiger partial charge is 0.248 e. The van der Waals surface area contributed by atoms with Crippen molar-refractivity contribution in [2.24, 2.45) is 5.41 Å². The molecule has 114 valence electrons. The first-order valence-electron chi connectivity index (χ1n) is 7.36. The summed E-state index contributed by atoms with van der Waals surface area (Å²) in [6.07, 6.45) is 0.210. The van der Waals surface area contributed by atoms with E-state index in [2.05, 4.69) is 5.32 Å². The van der Waals surface area contributed by atoms with E-state index in [0.717, 1.165) is 13.1 Å². The third-order valence-electron chi connectivity index (χ3n) is 5.03. The summed E-state index contributed by atoms with van der Waals surface area (Å²) in [5.41, 5.74) is -0.861. The van der Waals surface area contributed by atoms with Crippen molar-refractivity contribution >= 4 is 5.91 Å². The Balaban J connectivity index is 1.66. The third kappa shape index (κ3) is 2.44. The van der Waals surface area contributed by atoms with E-state index in [1.165, 1.54) is 0 Å². The van der Waals surface area contributed by atoms with Crippen LogP contribution in [-0.2, 0) is 9.53 Å². The highest BCUT2D eigenvalue weighted by Gasteiger charge is 2.49. The van der Waals surface area contributed by atoms with Crippen LogP contribution >= 0.6 is 0 Å². The molecule has 0 aromatic rings. The predicted octanol–water partition coefficient (Wildman–Crippen LogP) is 1.40. The number of alkyl halides is 2. The molecule has 0 aromatic heterocycles. The van der Waals surface area contributed by atoms with Gasteiger partial charge < -0.3 is 15.0 Å². The molecular formula is C14H22F2N2O2. The summed E-state index contributed by atoms with van der Waals surface area (Å²) in [5.74, 6) is -2.56. The number of nitrogens with one attached hydrogen (secondary N) is 1. The second-order valence-corrected chi connectivity index (χ2v) is 6.78. The Morgan fingerprint density at radius 3 is 2.40 bits per heavy atom. The van der Waals surface area contributed by atoms with E-state index in [1.54, 1.807) is 0 Å². The summed E-state index contributed by atoms with van der Waals surface area (Å²) < 4.78 is 32.3. The lowest BCUT2D eigenvalue weighted by Crippen LogP contribution is -2.70. The van der Waals surface area contributed by atoms with Crippen molar-refractivity contribution in [3.05, 3.63) is 0 Å². The van der Waals surface area contributed by atoms with Gasteiger partial charge in [0, 0.05) is 37.9 Å². The summed E-state index contributed by atoms with van der Waals surface area (Å²) in [5, 5.41) is 3.17. The minimum Gasteiger partial charge on any atom is -0.369 e. The van der Waals surface area contributed by atoms with Crippen LogP contribution in [0.2, 0.25) is 0 Å². The Kier molecular flexibility index (Phi) is 3.29. The van der Waals surface area contributed by atoms with Gasteiger partial charge in [-0.05, 0) is 12.8 Å². The summed E-state index contributed by atoms with van der Waals surface area (Å²) in [7, 11) is 0. The Morgan fingerprint density at radius 2 is 1.85 bits per heavy atom. The Hall–Kier alpha value is -0.750. The molecule has 6 heteroatoms. The number of hydrogen-bond donors (Lipinski definition) is 1. The number of carbonyl (C=O) groups excluding carboxylic acids is 1. The molecule has 1 spiro atoms. The lowest BCUT2D eigenvalue weighted by atomic mass is 9.73. The van der Waals surface area contributed by atoms with Gasteiger partial charge >= 0.3 is 0 Å². The molecule has 2 heterocycles. The summed E-state index contributed by atoms with van der Waals surface area (Å²) >= 11 is 0. The van der Waals surface area contributed by atoms with Crippen molar-refractivity contribution in [3.63, 3.8) is 0 Å². The van der Waals surface area contributed by atoms with Crippen molar-refractivity contribution in [2.75, 3.05) is 32.8 Å². The first-order chi connectivity index (χ1) is 9.34. The summed E-state index contributed by atoms with van der Waals surface area (Å²) in [4.78, 5) is 14.5. The number of hydrogen-bond acceptors (Lipinski definition) is 3. The molecule has 20 heavy (non-hydrogen) atoms. The quantitative estimate of drug-likeness (QED) is 0.793. The molecule has 0 unspecified atom stereocenters. The molecule has 1 amide bonds. The zero-order chi connectivity index (χ0) is 14.4. The van der Waals surface area contributed by atoms with E-state index in [9.17, 15) is 13.6 Å². The van der Waals surface area contributed by atoms with E-state index in [4.69, 9.17) is 4.74 Å². The first-order valence-corrected chi connectivity index (χ1v) is 7.36. The second-order valence-electron chi connectivity index (χ2n) is 6.78. The molecule has 0 radical (unpaired) electrons. The lowest BCUT2D eigenvalue weighted by molar-refractivity contribution is -0.172. The largest absolute Gasteiger partial charge is 0.369 e. The van der Waals surface area contributed by atoms with Gasteiger partial charge in [-0.15, -0.1) is 0 Å². The van der Waals surface area contributed by atoms with Crippen molar-refractivity contribution in [1.82, 2.24) is 10.2 Å². The van der Waals surface area contributed by atoms with Gasteiger partial charge in [0.25, 0.3) is 0 Å². The van der Waals surface area contributed by atoms with E-state index >= 15 is 0 Å². The molecule has 1 aliphatic carbocycles. The van der Waals surface area contributed by atoms with Gasteiger partial charge in [0.1, 0.15) is 5.60 Å². The molecule has 4 nitrogen and oxygen atoms in total. The minimum atomic E-state index is -2.59. The van der Waals surface area contributed by atoms with E-state index in [0.29, 0.717) is 19.7 Å². The molecular weight excluding hydrogens is 266 g/mol. The van der Waals surface area contributed by atoms with Gasteiger partial charge in [-0.2, -0.15) is 0 Å². The molecule has 0 atom stereocenters. The predicted molar refractivity (Wildman–Crippen MR) is 69.7 cm³/mol. The fourth-order valence-electron chi connectivity index (χ4n) is 3.40. The third-order valence-corrected chi connectivity index (χ3v) is 5.03. The van der Waals surface area contributed by atoms with Crippen LogP contribution in [0.1, 0.15) is 32.6 Å². The number of nitrogens with zero attached hydrogens (tertiary/aromatic N) is 1. The molecule has 1 N–H and O–H groups in total. The summed E-state index contributed by atoms with van der Waals surface area (Å²) in [6, 6.07) is 0. The Bertz CT molecular complexity index is 400. The first kappa shape index (κ1) is 14.2. The van der Waals surface area contributed by atoms with Crippen LogP contribution in [0.4, 0.5) is 8.78 Å². The highest BCUT2D eigenvalue weighted by molar-refractivity contribution is 5.82. The monoisotopic (exact) mass is 288 g/mol. The molecule has 3 aliphatic rings. The average Bonchev–Trinajstić information content (AvgIpc) is 2.40. The van der Waals surface area contributed by atoms with Gasteiger partial charge in [0.2, 0.25) is 11.8 Å². The van der Waals surface area contributed by atoms with Crippen LogP contribution in [0.25, 0.3) is 0 Å². The molecule has 0 aromatic carbocycles. The maximum atomic E-state index is 13.3. The number of morpholine rings is 1. The van der Waals surface area contributed by atoms with Crippen LogP contribution in [0, 0.1) is 5.41 Å². The van der Waals surface area contributed by atoms with Crippen LogP contribution in [0.3, 0.4) is 0 Å². The van der Waals surface area contributed by atoms with Gasteiger partial charge in [0.15, 0.2) is 0 Å². The molecule has 2 saturated heterocycles. The fraction of sp³-hybridized carbons (Fsp3) is 0.929. The van der Waals surface area contributed by atoms with Crippen LogP contribution in [-0.4, -0.2) is 55.1 Å². The molecule has 3 rings (SSSR count). The zero-order valence-corrected chi connectivity index (χ0v) is 11.9. The highest BCUT2D eigenvalue weighted by atomic mass is 19.3. The van der Waals surface area contributed by atoms with E-state index in [1.807, 2.05) is 11.8 Å². The van der Waals surface area contributed by atoms with E-state index < -0.39 is 11.3 Å². The van der Waals surface area contributed by atoms with E-state index in [-0.39, 0.29) is 37.2 Å². The highest BCUT2D eigenvalue weighted by Crippen LogP contribution is 2.44. The number of amides is 1. The maximum Gasteiger partial charge on any atom is 0.248 e. The fourth-order valence-corrected chi connectivity index (χ4v) is 3.40. The number of halogens is 2. The molecule has 1 saturated carbocycles. The normalized spacial score (nSPS) is 30.9. The second kappa shape index (κ2) is 4.63. The maximum absolute atomic E-state index is 13.3. The number of rotatable bonds is 1. The van der Waals surface area contributed by atoms with Gasteiger partial charge in [-0.3, -0.25) is 4.79 Å². The van der Waals surface area contributed by atoms with Crippen molar-refractivity contribution in [2.45, 2.75) is 44.1 Å². The standard InChI is InChI=1S/C14H22F2N2O2/c1-12(2-4-14(15,16)5-3-12)11(19)18-6-7-20-13(10-18)8-17-9-13/h17H,2-10H2,1H3. The van der Waals surface area contributed by atoms with Gasteiger partial charge in [-0.1, -0.05) is 6.92 Å². The summed E-state index contributed by atoms with van der Waals surface area (Å²) in [6.45, 7) is 5.08. The topological polar surface area (TPSA) is 41.6 Å². The van der Waals surface area contributed by atoms with Crippen molar-refractivity contribution < 1.29 is 18.3 Å². The van der Waals surface area contributed by atoms with Crippen molar-refractivity contribution in [3.8, 4) is 0 Å². The van der Waals surface area contributed by atoms with Crippen LogP contribution in [0.15, 0.2) is 0 Å². The lowest BCUT2D eigenvalue weighted by Gasteiger charge is -2.50. The number of ether oxygens (including phenoxy) is 1. The Morgan fingerprint density at radius 1 is 1.20 bits per heavy atom. The molecule has 3 fully saturated rings.